The predicted molar refractivity (Wildman–Crippen MR) is 110 cm³/mol. The van der Waals surface area contributed by atoms with Gasteiger partial charge >= 0.3 is 0 Å². The van der Waals surface area contributed by atoms with Crippen LogP contribution in [-0.4, -0.2) is 33.8 Å². The van der Waals surface area contributed by atoms with E-state index in [2.05, 4.69) is 34.1 Å². The van der Waals surface area contributed by atoms with Crippen LogP contribution in [0.1, 0.15) is 42.7 Å². The van der Waals surface area contributed by atoms with Crippen LogP contribution in [0.5, 0.6) is 0 Å². The number of anilines is 2. The van der Waals surface area contributed by atoms with Crippen molar-refractivity contribution in [1.82, 2.24) is 14.8 Å². The number of benzene rings is 1. The summed E-state index contributed by atoms with van der Waals surface area (Å²) in [5.74, 6) is -0.138. The van der Waals surface area contributed by atoms with Crippen molar-refractivity contribution in [3.63, 3.8) is 0 Å². The Labute approximate surface area is 160 Å². The van der Waals surface area contributed by atoms with E-state index in [1.807, 2.05) is 44.3 Å². The van der Waals surface area contributed by atoms with Crippen molar-refractivity contribution in [3.8, 4) is 0 Å². The van der Waals surface area contributed by atoms with Crippen LogP contribution >= 0.6 is 0 Å². The number of unbranched alkanes of at least 4 members (excludes halogenated alkanes) is 1. The lowest BCUT2D eigenvalue weighted by atomic mass is 10.1. The monoisotopic (exact) mass is 365 g/mol. The quantitative estimate of drug-likeness (QED) is 0.683. The Morgan fingerprint density at radius 1 is 1.22 bits per heavy atom. The molecule has 2 heterocycles. The number of aromatic nitrogens is 3. The standard InChI is InChI=1S/C21H27N5O/c1-5-7-12-26(6-2)18-10-8-16(9-11-18)21(27)23-17-13-19-15(3)24-25(4)20(19)22-14-17/h8-11,13-14H,5-7,12H2,1-4H3,(H,23,27). The van der Waals surface area contributed by atoms with E-state index in [9.17, 15) is 4.79 Å². The van der Waals surface area contributed by atoms with Crippen molar-refractivity contribution in [1.29, 1.82) is 0 Å². The molecular weight excluding hydrogens is 338 g/mol. The number of hydrogen-bond donors (Lipinski definition) is 1. The van der Waals surface area contributed by atoms with Gasteiger partial charge in [-0.15, -0.1) is 0 Å². The summed E-state index contributed by atoms with van der Waals surface area (Å²) >= 11 is 0. The van der Waals surface area contributed by atoms with Crippen LogP contribution in [0.25, 0.3) is 11.0 Å². The zero-order valence-corrected chi connectivity index (χ0v) is 16.5. The van der Waals surface area contributed by atoms with E-state index < -0.39 is 0 Å². The second-order valence-corrected chi connectivity index (χ2v) is 6.74. The van der Waals surface area contributed by atoms with Crippen molar-refractivity contribution >= 4 is 28.3 Å². The highest BCUT2D eigenvalue weighted by atomic mass is 16.1. The number of nitrogens with zero attached hydrogens (tertiary/aromatic N) is 4. The largest absolute Gasteiger partial charge is 0.372 e. The molecule has 0 aliphatic rings. The van der Waals surface area contributed by atoms with Crippen molar-refractivity contribution in [2.45, 2.75) is 33.6 Å². The molecule has 0 atom stereocenters. The molecule has 3 aromatic rings. The molecule has 1 N–H and O–H groups in total. The molecule has 27 heavy (non-hydrogen) atoms. The Hall–Kier alpha value is -2.89. The van der Waals surface area contributed by atoms with E-state index in [0.717, 1.165) is 35.5 Å². The Morgan fingerprint density at radius 2 is 1.96 bits per heavy atom. The molecule has 0 fully saturated rings. The van der Waals surface area contributed by atoms with Crippen LogP contribution in [0.2, 0.25) is 0 Å². The SMILES string of the molecule is CCCCN(CC)c1ccc(C(=O)Nc2cnc3c(c2)c(C)nn3C)cc1. The van der Waals surface area contributed by atoms with Crippen LogP contribution in [0.4, 0.5) is 11.4 Å². The van der Waals surface area contributed by atoms with Crippen molar-refractivity contribution in [2.24, 2.45) is 7.05 Å². The number of carbonyl (C=O) groups excluding carboxylic acids is 1. The van der Waals surface area contributed by atoms with Gasteiger partial charge in [0.15, 0.2) is 5.65 Å². The smallest absolute Gasteiger partial charge is 0.255 e. The molecule has 3 rings (SSSR count). The summed E-state index contributed by atoms with van der Waals surface area (Å²) in [5, 5.41) is 8.24. The maximum absolute atomic E-state index is 12.6. The van der Waals surface area contributed by atoms with Gasteiger partial charge in [-0.25, -0.2) is 4.98 Å². The first kappa shape index (κ1) is 18.9. The number of fused-ring (bicyclic) bond motifs is 1. The Bertz CT molecular complexity index is 930. The van der Waals surface area contributed by atoms with E-state index in [1.54, 1.807) is 10.9 Å². The van der Waals surface area contributed by atoms with E-state index in [4.69, 9.17) is 0 Å². The molecule has 0 radical (unpaired) electrons. The first-order chi connectivity index (χ1) is 13.0. The fraction of sp³-hybridized carbons (Fsp3) is 0.381. The average molecular weight is 365 g/mol. The summed E-state index contributed by atoms with van der Waals surface area (Å²) < 4.78 is 1.74. The first-order valence-corrected chi connectivity index (χ1v) is 9.49. The molecule has 0 bridgehead atoms. The molecule has 6 nitrogen and oxygen atoms in total. The molecule has 6 heteroatoms. The third kappa shape index (κ3) is 4.10. The van der Waals surface area contributed by atoms with E-state index in [0.29, 0.717) is 11.3 Å². The topological polar surface area (TPSA) is 63.1 Å². The zero-order valence-electron chi connectivity index (χ0n) is 16.5. The third-order valence-electron chi connectivity index (χ3n) is 4.78. The molecule has 142 valence electrons. The van der Waals surface area contributed by atoms with E-state index in [1.165, 1.54) is 12.8 Å². The lowest BCUT2D eigenvalue weighted by Gasteiger charge is -2.23. The molecule has 0 aliphatic carbocycles. The molecule has 0 aliphatic heterocycles. The van der Waals surface area contributed by atoms with Gasteiger partial charge in [0, 0.05) is 36.8 Å². The fourth-order valence-electron chi connectivity index (χ4n) is 3.22. The van der Waals surface area contributed by atoms with Gasteiger partial charge in [0.25, 0.3) is 5.91 Å². The summed E-state index contributed by atoms with van der Waals surface area (Å²) in [5.41, 5.74) is 4.16. The summed E-state index contributed by atoms with van der Waals surface area (Å²) in [7, 11) is 1.86. The van der Waals surface area contributed by atoms with Crippen molar-refractivity contribution < 1.29 is 4.79 Å². The number of carbonyl (C=O) groups is 1. The number of amides is 1. The highest BCUT2D eigenvalue weighted by molar-refractivity contribution is 6.05. The maximum atomic E-state index is 12.6. The highest BCUT2D eigenvalue weighted by Crippen LogP contribution is 2.21. The van der Waals surface area contributed by atoms with E-state index in [-0.39, 0.29) is 5.91 Å². The normalized spacial score (nSPS) is 11.0. The van der Waals surface area contributed by atoms with Crippen LogP contribution in [0.15, 0.2) is 36.5 Å². The lowest BCUT2D eigenvalue weighted by molar-refractivity contribution is 0.102. The minimum absolute atomic E-state index is 0.138. The summed E-state index contributed by atoms with van der Waals surface area (Å²) in [4.78, 5) is 19.3. The molecule has 0 spiro atoms. The van der Waals surface area contributed by atoms with Gasteiger partial charge in [0.2, 0.25) is 0 Å². The predicted octanol–water partition coefficient (Wildman–Crippen LogP) is 4.16. The highest BCUT2D eigenvalue weighted by Gasteiger charge is 2.11. The van der Waals surface area contributed by atoms with Crippen LogP contribution < -0.4 is 10.2 Å². The molecular formula is C21H27N5O. The molecule has 0 unspecified atom stereocenters. The minimum atomic E-state index is -0.138. The fourth-order valence-corrected chi connectivity index (χ4v) is 3.22. The zero-order chi connectivity index (χ0) is 19.4. The van der Waals surface area contributed by atoms with Gasteiger partial charge in [-0.1, -0.05) is 13.3 Å². The Balaban J connectivity index is 1.73. The summed E-state index contributed by atoms with van der Waals surface area (Å²) in [6.45, 7) is 8.28. The maximum Gasteiger partial charge on any atom is 0.255 e. The van der Waals surface area contributed by atoms with Gasteiger partial charge in [0.1, 0.15) is 0 Å². The van der Waals surface area contributed by atoms with Crippen LogP contribution in [-0.2, 0) is 7.05 Å². The lowest BCUT2D eigenvalue weighted by Crippen LogP contribution is -2.23. The number of hydrogen-bond acceptors (Lipinski definition) is 4. The van der Waals surface area contributed by atoms with Gasteiger partial charge in [-0.05, 0) is 50.6 Å². The van der Waals surface area contributed by atoms with Crippen LogP contribution in [0, 0.1) is 6.92 Å². The minimum Gasteiger partial charge on any atom is -0.372 e. The van der Waals surface area contributed by atoms with Crippen LogP contribution in [0.3, 0.4) is 0 Å². The average Bonchev–Trinajstić information content (AvgIpc) is 2.96. The van der Waals surface area contributed by atoms with Crippen molar-refractivity contribution in [2.75, 3.05) is 23.3 Å². The number of nitrogens with one attached hydrogen (secondary N) is 1. The molecule has 1 amide bonds. The first-order valence-electron chi connectivity index (χ1n) is 9.49. The number of rotatable bonds is 7. The number of pyridine rings is 1. The second kappa shape index (κ2) is 8.20. The third-order valence-corrected chi connectivity index (χ3v) is 4.78. The molecule has 1 aromatic carbocycles. The molecule has 2 aromatic heterocycles. The Kier molecular flexibility index (Phi) is 5.74. The second-order valence-electron chi connectivity index (χ2n) is 6.74. The van der Waals surface area contributed by atoms with Gasteiger partial charge in [-0.2, -0.15) is 5.10 Å². The van der Waals surface area contributed by atoms with Gasteiger partial charge in [-0.3, -0.25) is 9.48 Å². The van der Waals surface area contributed by atoms with Crippen molar-refractivity contribution in [3.05, 3.63) is 47.8 Å². The van der Waals surface area contributed by atoms with E-state index >= 15 is 0 Å². The Morgan fingerprint density at radius 3 is 2.63 bits per heavy atom. The molecule has 0 saturated carbocycles. The summed E-state index contributed by atoms with van der Waals surface area (Å²) in [6.07, 6.45) is 4.00. The number of aryl methyl sites for hydroxylation is 2. The van der Waals surface area contributed by atoms with Gasteiger partial charge < -0.3 is 10.2 Å². The van der Waals surface area contributed by atoms with Gasteiger partial charge in [0.05, 0.1) is 17.6 Å². The molecule has 0 saturated heterocycles. The summed E-state index contributed by atoms with van der Waals surface area (Å²) in [6, 6.07) is 9.70.